The lowest BCUT2D eigenvalue weighted by atomic mass is 9.83. The van der Waals surface area contributed by atoms with Crippen molar-refractivity contribution in [2.75, 3.05) is 0 Å². The normalized spacial score (nSPS) is 17.1. The number of hydrogen-bond donors (Lipinski definition) is 1. The van der Waals surface area contributed by atoms with Gasteiger partial charge in [-0.1, -0.05) is 30.7 Å². The Morgan fingerprint density at radius 3 is 1.40 bits per heavy atom. The fraction of sp³-hybridized carbons (Fsp3) is 0.600. The van der Waals surface area contributed by atoms with E-state index in [9.17, 15) is 62.2 Å². The number of benzene rings is 1. The van der Waals surface area contributed by atoms with E-state index in [-0.39, 0.29) is 11.9 Å². The second-order valence-electron chi connectivity index (χ2n) is 6.20. The van der Waals surface area contributed by atoms with E-state index in [1.54, 1.807) is 0 Å². The molecule has 30 heavy (non-hydrogen) atoms. The molecule has 0 saturated heterocycles. The Hall–Kier alpha value is -1.44. The number of rotatable bonds is 7. The molecule has 0 heterocycles. The fourth-order valence-corrected chi connectivity index (χ4v) is 2.34. The topological polar surface area (TPSA) is 20.2 Å². The van der Waals surface area contributed by atoms with Gasteiger partial charge in [0.15, 0.2) is 0 Å². The molecule has 1 rings (SSSR count). The van der Waals surface area contributed by atoms with Crippen molar-refractivity contribution in [3.8, 4) is 0 Å². The average molecular weight is 489 g/mol. The summed E-state index contributed by atoms with van der Waals surface area (Å²) in [7, 11) is 0. The first-order valence-corrected chi connectivity index (χ1v) is 7.84. The molecular formula is C15H10ClF13O. The van der Waals surface area contributed by atoms with Crippen LogP contribution in [0.4, 0.5) is 57.1 Å². The largest absolute Gasteiger partial charge is 0.460 e. The predicted molar refractivity (Wildman–Crippen MR) is 76.4 cm³/mol. The van der Waals surface area contributed by atoms with Crippen molar-refractivity contribution in [3.05, 3.63) is 34.9 Å². The van der Waals surface area contributed by atoms with Gasteiger partial charge in [0.1, 0.15) is 0 Å². The Balaban J connectivity index is 3.45. The van der Waals surface area contributed by atoms with E-state index in [4.69, 9.17) is 11.6 Å². The molecule has 1 aromatic rings. The van der Waals surface area contributed by atoms with E-state index in [0.29, 0.717) is 0 Å². The highest BCUT2D eigenvalue weighted by Gasteiger charge is 2.91. The zero-order valence-electron chi connectivity index (χ0n) is 14.2. The third-order valence-corrected chi connectivity index (χ3v) is 4.47. The van der Waals surface area contributed by atoms with Crippen LogP contribution < -0.4 is 0 Å². The molecule has 2 unspecified atom stereocenters. The molecule has 0 aliphatic heterocycles. The lowest BCUT2D eigenvalue weighted by molar-refractivity contribution is -0.444. The first-order chi connectivity index (χ1) is 13.1. The van der Waals surface area contributed by atoms with E-state index in [0.717, 1.165) is 24.3 Å². The first kappa shape index (κ1) is 26.6. The maximum Gasteiger partial charge on any atom is 0.460 e. The predicted octanol–water partition coefficient (Wildman–Crippen LogP) is 6.75. The van der Waals surface area contributed by atoms with Crippen molar-refractivity contribution in [1.82, 2.24) is 0 Å². The van der Waals surface area contributed by atoms with Crippen LogP contribution in [0.2, 0.25) is 5.02 Å². The quantitative estimate of drug-likeness (QED) is 0.421. The van der Waals surface area contributed by atoms with Gasteiger partial charge in [0.2, 0.25) is 0 Å². The molecule has 0 saturated carbocycles. The standard InChI is InChI=1S/C15H10ClF13O/c1-6(9(30)7-2-4-8(16)5-3-7)10(17,18)11(19,20)12(21,22)13(23,24)14(25,26)15(27,28)29/h2-6,9,30H,1H3. The van der Waals surface area contributed by atoms with E-state index < -0.39 is 53.4 Å². The summed E-state index contributed by atoms with van der Waals surface area (Å²) in [6.45, 7) is -0.0245. The van der Waals surface area contributed by atoms with Crippen LogP contribution in [-0.4, -0.2) is 40.9 Å². The third kappa shape index (κ3) is 3.80. The summed E-state index contributed by atoms with van der Waals surface area (Å²) in [5.41, 5.74) is -0.641. The molecule has 1 N–H and O–H groups in total. The van der Waals surface area contributed by atoms with Crippen LogP contribution in [-0.2, 0) is 0 Å². The first-order valence-electron chi connectivity index (χ1n) is 7.46. The number of hydrogen-bond acceptors (Lipinski definition) is 1. The zero-order valence-corrected chi connectivity index (χ0v) is 15.0. The Bertz CT molecular complexity index is 742. The molecule has 0 aromatic heterocycles. The SMILES string of the molecule is CC(C(O)c1ccc(Cl)cc1)C(F)(F)C(F)(F)C(F)(F)C(F)(F)C(F)(F)C(F)(F)F. The second-order valence-corrected chi connectivity index (χ2v) is 6.64. The smallest absolute Gasteiger partial charge is 0.388 e. The van der Waals surface area contributed by atoms with Crippen molar-refractivity contribution in [2.45, 2.75) is 48.8 Å². The van der Waals surface area contributed by atoms with Crippen LogP contribution in [0.5, 0.6) is 0 Å². The lowest BCUT2D eigenvalue weighted by Gasteiger charge is -2.42. The van der Waals surface area contributed by atoms with Gasteiger partial charge in [0.05, 0.1) is 12.0 Å². The third-order valence-electron chi connectivity index (χ3n) is 4.21. The molecule has 0 spiro atoms. The number of alkyl halides is 13. The van der Waals surface area contributed by atoms with Crippen LogP contribution in [0.1, 0.15) is 18.6 Å². The van der Waals surface area contributed by atoms with Crippen LogP contribution >= 0.6 is 11.6 Å². The Kier molecular flexibility index (Phi) is 6.74. The second kappa shape index (κ2) is 7.61. The van der Waals surface area contributed by atoms with Gasteiger partial charge >= 0.3 is 35.8 Å². The highest BCUT2D eigenvalue weighted by atomic mass is 35.5. The van der Waals surface area contributed by atoms with Crippen LogP contribution in [0.25, 0.3) is 0 Å². The van der Waals surface area contributed by atoms with Gasteiger partial charge in [-0.05, 0) is 17.7 Å². The van der Waals surface area contributed by atoms with Crippen LogP contribution in [0.3, 0.4) is 0 Å². The molecule has 15 heteroatoms. The maximum atomic E-state index is 14.0. The highest BCUT2D eigenvalue weighted by molar-refractivity contribution is 6.30. The summed E-state index contributed by atoms with van der Waals surface area (Å²) in [5, 5.41) is 9.67. The van der Waals surface area contributed by atoms with E-state index >= 15 is 0 Å². The molecule has 174 valence electrons. The van der Waals surface area contributed by atoms with E-state index in [1.165, 1.54) is 0 Å². The summed E-state index contributed by atoms with van der Waals surface area (Å²) in [6, 6.07) is 3.41. The molecule has 1 aromatic carbocycles. The average Bonchev–Trinajstić information content (AvgIpc) is 2.59. The van der Waals surface area contributed by atoms with Gasteiger partial charge in [0, 0.05) is 5.02 Å². The van der Waals surface area contributed by atoms with E-state index in [1.807, 2.05) is 0 Å². The van der Waals surface area contributed by atoms with Crippen molar-refractivity contribution in [3.63, 3.8) is 0 Å². The molecular weight excluding hydrogens is 479 g/mol. The van der Waals surface area contributed by atoms with Crippen LogP contribution in [0.15, 0.2) is 24.3 Å². The minimum absolute atomic E-state index is 0.0245. The summed E-state index contributed by atoms with van der Waals surface area (Å²) < 4.78 is 171. The minimum atomic E-state index is -7.98. The number of aliphatic hydroxyl groups excluding tert-OH is 1. The van der Waals surface area contributed by atoms with Gasteiger partial charge in [0.25, 0.3) is 0 Å². The van der Waals surface area contributed by atoms with Gasteiger partial charge in [-0.25, -0.2) is 0 Å². The molecule has 0 amide bonds. The fourth-order valence-electron chi connectivity index (χ4n) is 2.21. The van der Waals surface area contributed by atoms with Gasteiger partial charge in [-0.3, -0.25) is 0 Å². The number of aliphatic hydroxyl groups is 1. The monoisotopic (exact) mass is 488 g/mol. The summed E-state index contributed by atoms with van der Waals surface area (Å²) in [5.74, 6) is -40.9. The lowest BCUT2D eigenvalue weighted by Crippen LogP contribution is -2.71. The highest BCUT2D eigenvalue weighted by Crippen LogP contribution is 2.61. The van der Waals surface area contributed by atoms with Crippen molar-refractivity contribution in [2.24, 2.45) is 5.92 Å². The Morgan fingerprint density at radius 1 is 0.667 bits per heavy atom. The molecule has 2 atom stereocenters. The molecule has 1 nitrogen and oxygen atoms in total. The summed E-state index contributed by atoms with van der Waals surface area (Å²) in [6.07, 6.45) is -10.2. The Labute approximate surface area is 164 Å². The summed E-state index contributed by atoms with van der Waals surface area (Å²) >= 11 is 5.45. The number of halogens is 14. The molecule has 0 fully saturated rings. The maximum absolute atomic E-state index is 14.0. The molecule has 0 bridgehead atoms. The van der Waals surface area contributed by atoms with Crippen molar-refractivity contribution >= 4 is 11.6 Å². The van der Waals surface area contributed by atoms with Gasteiger partial charge in [-0.2, -0.15) is 57.1 Å². The van der Waals surface area contributed by atoms with Crippen molar-refractivity contribution in [1.29, 1.82) is 0 Å². The zero-order chi connectivity index (χ0) is 24.1. The van der Waals surface area contributed by atoms with Gasteiger partial charge < -0.3 is 5.11 Å². The minimum Gasteiger partial charge on any atom is -0.388 e. The van der Waals surface area contributed by atoms with Gasteiger partial charge in [-0.15, -0.1) is 0 Å². The van der Waals surface area contributed by atoms with E-state index in [2.05, 4.69) is 0 Å². The Morgan fingerprint density at radius 2 is 1.03 bits per heavy atom. The van der Waals surface area contributed by atoms with Crippen molar-refractivity contribution < 1.29 is 62.2 Å². The summed E-state index contributed by atoms with van der Waals surface area (Å²) in [4.78, 5) is 0. The molecule has 0 radical (unpaired) electrons. The molecule has 0 aliphatic rings. The van der Waals surface area contributed by atoms with Crippen LogP contribution in [0, 0.1) is 5.92 Å². The molecule has 0 aliphatic carbocycles.